The Morgan fingerprint density at radius 1 is 1.31 bits per heavy atom. The number of rotatable bonds is 7. The molecule has 1 saturated carbocycles. The van der Waals surface area contributed by atoms with Crippen molar-refractivity contribution in [1.82, 2.24) is 9.80 Å². The summed E-state index contributed by atoms with van der Waals surface area (Å²) in [4.78, 5) is 28.8. The van der Waals surface area contributed by atoms with Gasteiger partial charge in [0, 0.05) is 25.2 Å². The zero-order valence-corrected chi connectivity index (χ0v) is 15.6. The van der Waals surface area contributed by atoms with E-state index in [1.165, 1.54) is 4.90 Å². The van der Waals surface area contributed by atoms with Crippen LogP contribution in [0.2, 0.25) is 0 Å². The number of carbonyl (C=O) groups excluding carboxylic acids is 1. The van der Waals surface area contributed by atoms with E-state index in [2.05, 4.69) is 11.8 Å². The summed E-state index contributed by atoms with van der Waals surface area (Å²) in [6.07, 6.45) is 2.83. The van der Waals surface area contributed by atoms with Crippen molar-refractivity contribution in [1.29, 1.82) is 0 Å². The number of aliphatic carboxylic acids is 1. The maximum Gasteiger partial charge on any atom is 0.411 e. The van der Waals surface area contributed by atoms with E-state index in [9.17, 15) is 14.7 Å². The summed E-state index contributed by atoms with van der Waals surface area (Å²) < 4.78 is 5.48. The molecule has 1 N–H and O–H groups in total. The van der Waals surface area contributed by atoms with Crippen molar-refractivity contribution in [3.63, 3.8) is 0 Å². The zero-order valence-electron chi connectivity index (χ0n) is 15.6. The first kappa shape index (κ1) is 18.7. The molecule has 6 heteroatoms. The van der Waals surface area contributed by atoms with E-state index in [0.29, 0.717) is 32.0 Å². The van der Waals surface area contributed by atoms with Crippen molar-refractivity contribution >= 4 is 12.1 Å². The van der Waals surface area contributed by atoms with Crippen LogP contribution in [0.5, 0.6) is 0 Å². The lowest BCUT2D eigenvalue weighted by atomic mass is 9.94. The van der Waals surface area contributed by atoms with Gasteiger partial charge in [0.05, 0.1) is 0 Å². The molecule has 1 amide bonds. The third kappa shape index (κ3) is 3.70. The molecule has 0 aromatic heterocycles. The van der Waals surface area contributed by atoms with Crippen LogP contribution >= 0.6 is 0 Å². The van der Waals surface area contributed by atoms with E-state index < -0.39 is 17.6 Å². The Labute approximate surface area is 154 Å². The lowest BCUT2D eigenvalue weighted by molar-refractivity contribution is -0.150. The van der Waals surface area contributed by atoms with Gasteiger partial charge in [0.1, 0.15) is 6.61 Å². The van der Waals surface area contributed by atoms with Crippen molar-refractivity contribution in [2.24, 2.45) is 0 Å². The maximum atomic E-state index is 12.8. The van der Waals surface area contributed by atoms with E-state index in [1.54, 1.807) is 0 Å². The lowest BCUT2D eigenvalue weighted by Gasteiger charge is -2.37. The molecule has 142 valence electrons. The fourth-order valence-corrected chi connectivity index (χ4v) is 3.99. The Morgan fingerprint density at radius 3 is 2.58 bits per heavy atom. The Kier molecular flexibility index (Phi) is 5.51. The molecule has 26 heavy (non-hydrogen) atoms. The summed E-state index contributed by atoms with van der Waals surface area (Å²) in [5, 5.41) is 10.1. The first-order chi connectivity index (χ1) is 12.5. The SMILES string of the molecule is CCCN(C(=O)OCc1ccccc1)C1(C(=O)O)CC(C)N(C2CC2)C1. The maximum absolute atomic E-state index is 12.8. The first-order valence-electron chi connectivity index (χ1n) is 9.45. The van der Waals surface area contributed by atoms with Gasteiger partial charge in [0.2, 0.25) is 0 Å². The Balaban J connectivity index is 1.77. The number of hydrogen-bond acceptors (Lipinski definition) is 4. The zero-order chi connectivity index (χ0) is 18.7. The molecule has 0 radical (unpaired) electrons. The van der Waals surface area contributed by atoms with Gasteiger partial charge in [-0.3, -0.25) is 9.80 Å². The first-order valence-corrected chi connectivity index (χ1v) is 9.45. The molecule has 1 aliphatic carbocycles. The summed E-state index contributed by atoms with van der Waals surface area (Å²) >= 11 is 0. The molecule has 2 unspecified atom stereocenters. The third-order valence-corrected chi connectivity index (χ3v) is 5.45. The Bertz CT molecular complexity index is 646. The molecule has 1 heterocycles. The predicted molar refractivity (Wildman–Crippen MR) is 97.8 cm³/mol. The van der Waals surface area contributed by atoms with Crippen molar-refractivity contribution in [3.8, 4) is 0 Å². The molecule has 0 spiro atoms. The number of carboxylic acid groups (broad SMARTS) is 1. The fourth-order valence-electron chi connectivity index (χ4n) is 3.99. The predicted octanol–water partition coefficient (Wildman–Crippen LogP) is 3.12. The molecular weight excluding hydrogens is 332 g/mol. The highest BCUT2D eigenvalue weighted by Crippen LogP contribution is 2.40. The van der Waals surface area contributed by atoms with Crippen molar-refractivity contribution in [2.75, 3.05) is 13.1 Å². The number of nitrogens with zero attached hydrogens (tertiary/aromatic N) is 2. The molecule has 3 rings (SSSR count). The van der Waals surface area contributed by atoms with Crippen LogP contribution in [0.4, 0.5) is 4.79 Å². The number of ether oxygens (including phenoxy) is 1. The number of amides is 1. The van der Waals surface area contributed by atoms with E-state index >= 15 is 0 Å². The lowest BCUT2D eigenvalue weighted by Crippen LogP contribution is -2.59. The van der Waals surface area contributed by atoms with Gasteiger partial charge in [-0.2, -0.15) is 0 Å². The summed E-state index contributed by atoms with van der Waals surface area (Å²) in [5.74, 6) is -0.933. The van der Waals surface area contributed by atoms with Crippen molar-refractivity contribution in [2.45, 2.75) is 63.8 Å². The molecule has 2 fully saturated rings. The number of carboxylic acids is 1. The summed E-state index contributed by atoms with van der Waals surface area (Å²) in [5.41, 5.74) is -0.313. The van der Waals surface area contributed by atoms with E-state index in [0.717, 1.165) is 18.4 Å². The Morgan fingerprint density at radius 2 is 2.00 bits per heavy atom. The average Bonchev–Trinajstić information content (AvgIpc) is 3.41. The second-order valence-corrected chi connectivity index (χ2v) is 7.49. The van der Waals surface area contributed by atoms with E-state index in [-0.39, 0.29) is 12.6 Å². The smallest absolute Gasteiger partial charge is 0.411 e. The minimum absolute atomic E-state index is 0.150. The molecule has 2 aliphatic rings. The van der Waals surface area contributed by atoms with Gasteiger partial charge in [-0.1, -0.05) is 37.3 Å². The van der Waals surface area contributed by atoms with Crippen LogP contribution in [0.25, 0.3) is 0 Å². The molecule has 6 nitrogen and oxygen atoms in total. The molecule has 0 bridgehead atoms. The van der Waals surface area contributed by atoms with Crippen LogP contribution in [-0.4, -0.2) is 57.7 Å². The van der Waals surface area contributed by atoms with E-state index in [4.69, 9.17) is 4.74 Å². The minimum Gasteiger partial charge on any atom is -0.479 e. The van der Waals surface area contributed by atoms with Crippen LogP contribution in [0.15, 0.2) is 30.3 Å². The van der Waals surface area contributed by atoms with Gasteiger partial charge < -0.3 is 9.84 Å². The number of hydrogen-bond donors (Lipinski definition) is 1. The fraction of sp³-hybridized carbons (Fsp3) is 0.600. The normalized spacial score (nSPS) is 25.8. The average molecular weight is 360 g/mol. The van der Waals surface area contributed by atoms with Gasteiger partial charge in [-0.25, -0.2) is 9.59 Å². The second-order valence-electron chi connectivity index (χ2n) is 7.49. The van der Waals surface area contributed by atoms with Crippen molar-refractivity contribution < 1.29 is 19.4 Å². The van der Waals surface area contributed by atoms with Gasteiger partial charge in [0.15, 0.2) is 5.54 Å². The molecular formula is C20H28N2O4. The van der Waals surface area contributed by atoms with Gasteiger partial charge in [0.25, 0.3) is 0 Å². The summed E-state index contributed by atoms with van der Waals surface area (Å²) in [6.45, 7) is 4.92. The van der Waals surface area contributed by atoms with Crippen LogP contribution in [0.1, 0.15) is 45.1 Å². The standard InChI is InChI=1S/C20H28N2O4/c1-3-11-22(19(25)26-13-16-7-5-4-6-8-16)20(18(23)24)12-15(2)21(14-20)17-9-10-17/h4-8,15,17H,3,9-14H2,1-2H3,(H,23,24). The number of benzene rings is 1. The van der Waals surface area contributed by atoms with E-state index in [1.807, 2.05) is 37.3 Å². The van der Waals surface area contributed by atoms with Crippen molar-refractivity contribution in [3.05, 3.63) is 35.9 Å². The molecule has 1 aromatic carbocycles. The highest BCUT2D eigenvalue weighted by atomic mass is 16.6. The highest BCUT2D eigenvalue weighted by Gasteiger charge is 2.56. The van der Waals surface area contributed by atoms with Crippen LogP contribution in [-0.2, 0) is 16.1 Å². The van der Waals surface area contributed by atoms with Gasteiger partial charge >= 0.3 is 12.1 Å². The largest absolute Gasteiger partial charge is 0.479 e. The molecule has 1 aliphatic heterocycles. The van der Waals surface area contributed by atoms with Crippen LogP contribution in [0.3, 0.4) is 0 Å². The number of carbonyl (C=O) groups is 2. The van der Waals surface area contributed by atoms with Gasteiger partial charge in [-0.15, -0.1) is 0 Å². The summed E-state index contributed by atoms with van der Waals surface area (Å²) in [7, 11) is 0. The second kappa shape index (κ2) is 7.66. The van der Waals surface area contributed by atoms with Crippen LogP contribution in [0, 0.1) is 0 Å². The molecule has 1 aromatic rings. The minimum atomic E-state index is -1.20. The Hall–Kier alpha value is -2.08. The number of likely N-dealkylation sites (tertiary alicyclic amines) is 1. The highest BCUT2D eigenvalue weighted by molar-refractivity contribution is 5.85. The molecule has 2 atom stereocenters. The molecule has 1 saturated heterocycles. The monoisotopic (exact) mass is 360 g/mol. The topological polar surface area (TPSA) is 70.1 Å². The van der Waals surface area contributed by atoms with Crippen LogP contribution < -0.4 is 0 Å². The van der Waals surface area contributed by atoms with Gasteiger partial charge in [-0.05, 0) is 38.2 Å². The quantitative estimate of drug-likeness (QED) is 0.809. The third-order valence-electron chi connectivity index (χ3n) is 5.45. The summed E-state index contributed by atoms with van der Waals surface area (Å²) in [6, 6.07) is 10.1.